The molecule has 1 aromatic heterocycles. The second-order valence-corrected chi connectivity index (χ2v) is 4.86. The van der Waals surface area contributed by atoms with Gasteiger partial charge in [-0.1, -0.05) is 12.1 Å². The standard InChI is InChI=1S/C12H8IN3O4/c13-9-3-1-2-4-10(9)20-12-8(11(14)17)5-7(6-15-12)16(18)19/h1-6H,(H2,14,17). The number of halogens is 1. The van der Waals surface area contributed by atoms with Gasteiger partial charge >= 0.3 is 0 Å². The molecule has 0 saturated heterocycles. The molecule has 1 amide bonds. The molecule has 0 bridgehead atoms. The number of aromatic nitrogens is 1. The third kappa shape index (κ3) is 3.02. The molecule has 8 heteroatoms. The van der Waals surface area contributed by atoms with Crippen molar-refractivity contribution in [3.63, 3.8) is 0 Å². The van der Waals surface area contributed by atoms with E-state index in [0.29, 0.717) is 5.75 Å². The first-order valence-electron chi connectivity index (χ1n) is 5.35. The summed E-state index contributed by atoms with van der Waals surface area (Å²) >= 11 is 2.06. The quantitative estimate of drug-likeness (QED) is 0.494. The number of nitro groups is 1. The predicted molar refractivity (Wildman–Crippen MR) is 78.6 cm³/mol. The Morgan fingerprint density at radius 1 is 1.40 bits per heavy atom. The number of carbonyl (C=O) groups is 1. The number of para-hydroxylation sites is 1. The second kappa shape index (κ2) is 5.82. The Kier molecular flexibility index (Phi) is 4.13. The maximum atomic E-state index is 11.3. The largest absolute Gasteiger partial charge is 0.437 e. The van der Waals surface area contributed by atoms with Crippen molar-refractivity contribution in [2.45, 2.75) is 0 Å². The van der Waals surface area contributed by atoms with Gasteiger partial charge in [0.15, 0.2) is 0 Å². The van der Waals surface area contributed by atoms with Gasteiger partial charge in [-0.3, -0.25) is 14.9 Å². The van der Waals surface area contributed by atoms with Crippen LogP contribution in [0.3, 0.4) is 0 Å². The van der Waals surface area contributed by atoms with Crippen LogP contribution in [0.1, 0.15) is 10.4 Å². The maximum absolute atomic E-state index is 11.3. The Bertz CT molecular complexity index is 690. The molecular weight excluding hydrogens is 377 g/mol. The van der Waals surface area contributed by atoms with Crippen LogP contribution in [0.4, 0.5) is 5.69 Å². The van der Waals surface area contributed by atoms with Crippen molar-refractivity contribution in [2.75, 3.05) is 0 Å². The fraction of sp³-hybridized carbons (Fsp3) is 0. The van der Waals surface area contributed by atoms with Gasteiger partial charge in [0.05, 0.1) is 8.49 Å². The van der Waals surface area contributed by atoms with Crippen molar-refractivity contribution in [1.82, 2.24) is 4.98 Å². The minimum Gasteiger partial charge on any atom is -0.437 e. The average Bonchev–Trinajstić information content (AvgIpc) is 2.41. The molecule has 0 atom stereocenters. The molecule has 0 spiro atoms. The van der Waals surface area contributed by atoms with E-state index in [1.807, 2.05) is 12.1 Å². The van der Waals surface area contributed by atoms with Gasteiger partial charge in [0.25, 0.3) is 11.6 Å². The van der Waals surface area contributed by atoms with Crippen LogP contribution < -0.4 is 10.5 Å². The van der Waals surface area contributed by atoms with E-state index in [-0.39, 0.29) is 17.1 Å². The van der Waals surface area contributed by atoms with Crippen molar-refractivity contribution in [3.8, 4) is 11.6 Å². The minimum atomic E-state index is -0.845. The summed E-state index contributed by atoms with van der Waals surface area (Å²) in [4.78, 5) is 25.2. The smallest absolute Gasteiger partial charge is 0.288 e. The molecule has 7 nitrogen and oxygen atoms in total. The molecule has 2 rings (SSSR count). The van der Waals surface area contributed by atoms with E-state index < -0.39 is 10.8 Å². The molecule has 20 heavy (non-hydrogen) atoms. The zero-order valence-corrected chi connectivity index (χ0v) is 12.1. The van der Waals surface area contributed by atoms with E-state index in [2.05, 4.69) is 27.6 Å². The lowest BCUT2D eigenvalue weighted by atomic mass is 10.2. The summed E-state index contributed by atoms with van der Waals surface area (Å²) < 4.78 is 6.30. The average molecular weight is 385 g/mol. The number of pyridine rings is 1. The number of benzene rings is 1. The van der Waals surface area contributed by atoms with Gasteiger partial charge in [-0.25, -0.2) is 4.98 Å². The highest BCUT2D eigenvalue weighted by Gasteiger charge is 2.18. The topological polar surface area (TPSA) is 108 Å². The number of hydrogen-bond donors (Lipinski definition) is 1. The van der Waals surface area contributed by atoms with Crippen molar-refractivity contribution in [2.24, 2.45) is 5.73 Å². The van der Waals surface area contributed by atoms with Crippen molar-refractivity contribution in [1.29, 1.82) is 0 Å². The number of hydrogen-bond acceptors (Lipinski definition) is 5. The first-order valence-corrected chi connectivity index (χ1v) is 6.43. The molecular formula is C12H8IN3O4. The lowest BCUT2D eigenvalue weighted by Crippen LogP contribution is -2.13. The zero-order chi connectivity index (χ0) is 14.7. The van der Waals surface area contributed by atoms with Crippen LogP contribution >= 0.6 is 22.6 Å². The highest BCUT2D eigenvalue weighted by molar-refractivity contribution is 14.1. The van der Waals surface area contributed by atoms with Gasteiger partial charge in [0.1, 0.15) is 17.5 Å². The van der Waals surface area contributed by atoms with Crippen molar-refractivity contribution < 1.29 is 14.5 Å². The molecule has 1 aromatic carbocycles. The molecule has 0 aliphatic rings. The van der Waals surface area contributed by atoms with Crippen LogP contribution in [0.5, 0.6) is 11.6 Å². The molecule has 0 fully saturated rings. The highest BCUT2D eigenvalue weighted by Crippen LogP contribution is 2.28. The minimum absolute atomic E-state index is 0.0628. The lowest BCUT2D eigenvalue weighted by molar-refractivity contribution is -0.385. The van der Waals surface area contributed by atoms with Gasteiger partial charge in [-0.05, 0) is 34.7 Å². The second-order valence-electron chi connectivity index (χ2n) is 3.70. The van der Waals surface area contributed by atoms with Crippen molar-refractivity contribution in [3.05, 3.63) is 55.8 Å². The third-order valence-corrected chi connectivity index (χ3v) is 3.25. The molecule has 0 unspecified atom stereocenters. The number of primary amides is 1. The fourth-order valence-corrected chi connectivity index (χ4v) is 1.93. The first kappa shape index (κ1) is 14.2. The van der Waals surface area contributed by atoms with Gasteiger partial charge in [-0.15, -0.1) is 0 Å². The van der Waals surface area contributed by atoms with E-state index in [0.717, 1.165) is 15.8 Å². The highest BCUT2D eigenvalue weighted by atomic mass is 127. The number of nitrogens with two attached hydrogens (primary N) is 1. The van der Waals surface area contributed by atoms with E-state index in [4.69, 9.17) is 10.5 Å². The first-order chi connectivity index (χ1) is 9.49. The zero-order valence-electron chi connectivity index (χ0n) is 9.95. The van der Waals surface area contributed by atoms with E-state index in [1.54, 1.807) is 12.1 Å². The number of rotatable bonds is 4. The van der Waals surface area contributed by atoms with Crippen LogP contribution in [-0.2, 0) is 0 Å². The van der Waals surface area contributed by atoms with Gasteiger partial charge in [0, 0.05) is 6.07 Å². The summed E-state index contributed by atoms with van der Waals surface area (Å²) in [6.45, 7) is 0. The molecule has 0 saturated carbocycles. The van der Waals surface area contributed by atoms with Crippen LogP contribution in [0.2, 0.25) is 0 Å². The Morgan fingerprint density at radius 3 is 2.70 bits per heavy atom. The molecule has 0 aliphatic heterocycles. The Balaban J connectivity index is 2.44. The number of ether oxygens (including phenoxy) is 1. The SMILES string of the molecule is NC(=O)c1cc([N+](=O)[O-])cnc1Oc1ccccc1I. The Labute approximate surface area is 127 Å². The predicted octanol–water partition coefficient (Wildman–Crippen LogP) is 2.49. The van der Waals surface area contributed by atoms with Crippen LogP contribution in [0.25, 0.3) is 0 Å². The fourth-order valence-electron chi connectivity index (χ4n) is 1.43. The van der Waals surface area contributed by atoms with Crippen molar-refractivity contribution >= 4 is 34.2 Å². The summed E-state index contributed by atoms with van der Waals surface area (Å²) in [6.07, 6.45) is 1.01. The monoisotopic (exact) mass is 385 g/mol. The van der Waals surface area contributed by atoms with Crippen LogP contribution in [-0.4, -0.2) is 15.8 Å². The summed E-state index contributed by atoms with van der Waals surface area (Å²) in [5, 5.41) is 10.7. The number of nitrogens with zero attached hydrogens (tertiary/aromatic N) is 2. The van der Waals surface area contributed by atoms with E-state index in [9.17, 15) is 14.9 Å². The third-order valence-electron chi connectivity index (χ3n) is 2.36. The normalized spacial score (nSPS) is 10.1. The molecule has 0 radical (unpaired) electrons. The van der Waals surface area contributed by atoms with E-state index >= 15 is 0 Å². The van der Waals surface area contributed by atoms with Crippen LogP contribution in [0.15, 0.2) is 36.5 Å². The Morgan fingerprint density at radius 2 is 2.10 bits per heavy atom. The molecule has 2 N–H and O–H groups in total. The number of carbonyl (C=O) groups excluding carboxylic acids is 1. The van der Waals surface area contributed by atoms with Gasteiger partial charge in [0.2, 0.25) is 5.88 Å². The van der Waals surface area contributed by atoms with E-state index in [1.165, 1.54) is 0 Å². The maximum Gasteiger partial charge on any atom is 0.288 e. The summed E-state index contributed by atoms with van der Waals surface area (Å²) in [6, 6.07) is 8.13. The van der Waals surface area contributed by atoms with Gasteiger partial charge in [-0.2, -0.15) is 0 Å². The molecule has 1 heterocycles. The van der Waals surface area contributed by atoms with Crippen LogP contribution in [0, 0.1) is 13.7 Å². The summed E-state index contributed by atoms with van der Waals surface area (Å²) in [5.74, 6) is -0.425. The summed E-state index contributed by atoms with van der Waals surface area (Å²) in [7, 11) is 0. The Hall–Kier alpha value is -2.23. The number of amides is 1. The van der Waals surface area contributed by atoms with Gasteiger partial charge < -0.3 is 10.5 Å². The lowest BCUT2D eigenvalue weighted by Gasteiger charge is -2.09. The summed E-state index contributed by atoms with van der Waals surface area (Å²) in [5.41, 5.74) is 4.73. The molecule has 102 valence electrons. The molecule has 2 aromatic rings. The molecule has 0 aliphatic carbocycles.